The van der Waals surface area contributed by atoms with Crippen LogP contribution in [-0.4, -0.2) is 59.5 Å². The normalized spacial score (nSPS) is 14.6. The van der Waals surface area contributed by atoms with Gasteiger partial charge in [-0.15, -0.1) is 12.4 Å². The van der Waals surface area contributed by atoms with E-state index in [4.69, 9.17) is 27.9 Å². The second-order valence-electron chi connectivity index (χ2n) is 7.44. The Morgan fingerprint density at radius 3 is 2.50 bits per heavy atom. The maximum Gasteiger partial charge on any atom is 0.196 e. The van der Waals surface area contributed by atoms with Crippen LogP contribution in [0.4, 0.5) is 5.69 Å². The quantitative estimate of drug-likeness (QED) is 0.474. The molecule has 0 saturated carbocycles. The summed E-state index contributed by atoms with van der Waals surface area (Å²) < 4.78 is 7.22. The van der Waals surface area contributed by atoms with Gasteiger partial charge >= 0.3 is 0 Å². The molecular weight excluding hydrogens is 469 g/mol. The Labute approximate surface area is 204 Å². The SMILES string of the molecule is COc1cccnc1-n1ncc(/C=C/CN2CCN(c3cc(Cl)cc(Cl)c3)CC2)c1C.Cl. The van der Waals surface area contributed by atoms with E-state index in [-0.39, 0.29) is 12.4 Å². The Kier molecular flexibility index (Phi) is 8.43. The fraction of sp³-hybridized carbons (Fsp3) is 0.304. The molecule has 6 nitrogen and oxygen atoms in total. The zero-order valence-corrected chi connectivity index (χ0v) is 20.4. The van der Waals surface area contributed by atoms with Crippen LogP contribution in [0.25, 0.3) is 11.9 Å². The molecule has 2 aromatic heterocycles. The summed E-state index contributed by atoms with van der Waals surface area (Å²) in [7, 11) is 1.64. The van der Waals surface area contributed by atoms with E-state index >= 15 is 0 Å². The molecule has 9 heteroatoms. The Hall–Kier alpha value is -2.25. The lowest BCUT2D eigenvalue weighted by atomic mass is 10.2. The van der Waals surface area contributed by atoms with Gasteiger partial charge in [-0.3, -0.25) is 4.90 Å². The summed E-state index contributed by atoms with van der Waals surface area (Å²) in [5, 5.41) is 5.85. The van der Waals surface area contributed by atoms with Crippen molar-refractivity contribution in [3.63, 3.8) is 0 Å². The van der Waals surface area contributed by atoms with Crippen molar-refractivity contribution in [2.24, 2.45) is 0 Å². The molecule has 170 valence electrons. The summed E-state index contributed by atoms with van der Waals surface area (Å²) in [6.07, 6.45) is 7.92. The number of hydrogen-bond donors (Lipinski definition) is 0. The fourth-order valence-electron chi connectivity index (χ4n) is 3.74. The number of ether oxygens (including phenoxy) is 1. The molecule has 1 aliphatic heterocycles. The van der Waals surface area contributed by atoms with Crippen LogP contribution < -0.4 is 9.64 Å². The minimum Gasteiger partial charge on any atom is -0.493 e. The van der Waals surface area contributed by atoms with E-state index in [1.54, 1.807) is 19.4 Å². The molecule has 1 fully saturated rings. The molecule has 0 aliphatic carbocycles. The predicted molar refractivity (Wildman–Crippen MR) is 134 cm³/mol. The van der Waals surface area contributed by atoms with Crippen molar-refractivity contribution in [2.45, 2.75) is 6.92 Å². The molecule has 1 aromatic carbocycles. The van der Waals surface area contributed by atoms with E-state index in [0.717, 1.165) is 49.7 Å². The highest BCUT2D eigenvalue weighted by molar-refractivity contribution is 6.35. The summed E-state index contributed by atoms with van der Waals surface area (Å²) in [4.78, 5) is 9.17. The fourth-order valence-corrected chi connectivity index (χ4v) is 4.25. The molecule has 4 rings (SSSR count). The number of rotatable bonds is 6. The Morgan fingerprint density at radius 1 is 1.09 bits per heavy atom. The smallest absolute Gasteiger partial charge is 0.196 e. The first-order valence-electron chi connectivity index (χ1n) is 10.2. The van der Waals surface area contributed by atoms with E-state index in [2.05, 4.69) is 32.0 Å². The highest BCUT2D eigenvalue weighted by Gasteiger charge is 2.17. The molecule has 0 unspecified atom stereocenters. The van der Waals surface area contributed by atoms with Gasteiger partial charge in [0.25, 0.3) is 0 Å². The van der Waals surface area contributed by atoms with Crippen LogP contribution in [0, 0.1) is 6.92 Å². The topological polar surface area (TPSA) is 46.4 Å². The molecule has 32 heavy (non-hydrogen) atoms. The second-order valence-corrected chi connectivity index (χ2v) is 8.32. The minimum absolute atomic E-state index is 0. The number of methoxy groups -OCH3 is 1. The first-order valence-corrected chi connectivity index (χ1v) is 10.9. The van der Waals surface area contributed by atoms with Crippen molar-refractivity contribution in [2.75, 3.05) is 44.7 Å². The van der Waals surface area contributed by atoms with Crippen LogP contribution >= 0.6 is 35.6 Å². The number of hydrogen-bond acceptors (Lipinski definition) is 5. The van der Waals surface area contributed by atoms with Gasteiger partial charge in [-0.05, 0) is 37.3 Å². The molecule has 1 saturated heterocycles. The lowest BCUT2D eigenvalue weighted by Gasteiger charge is -2.35. The highest BCUT2D eigenvalue weighted by atomic mass is 35.5. The molecule has 0 radical (unpaired) electrons. The van der Waals surface area contributed by atoms with Crippen molar-refractivity contribution in [3.05, 3.63) is 70.1 Å². The summed E-state index contributed by atoms with van der Waals surface area (Å²) in [5.74, 6) is 1.39. The average Bonchev–Trinajstić information content (AvgIpc) is 3.13. The molecule has 3 aromatic rings. The number of nitrogens with zero attached hydrogens (tertiary/aromatic N) is 5. The number of anilines is 1. The highest BCUT2D eigenvalue weighted by Crippen LogP contribution is 2.26. The van der Waals surface area contributed by atoms with Crippen LogP contribution in [0.1, 0.15) is 11.3 Å². The van der Waals surface area contributed by atoms with Crippen LogP contribution in [-0.2, 0) is 0 Å². The van der Waals surface area contributed by atoms with Crippen molar-refractivity contribution >= 4 is 47.4 Å². The van der Waals surface area contributed by atoms with Crippen molar-refractivity contribution < 1.29 is 4.74 Å². The van der Waals surface area contributed by atoms with Gasteiger partial charge in [0.1, 0.15) is 0 Å². The molecule has 3 heterocycles. The third kappa shape index (κ3) is 5.56. The van der Waals surface area contributed by atoms with Crippen LogP contribution in [0.2, 0.25) is 10.0 Å². The van der Waals surface area contributed by atoms with Crippen LogP contribution in [0.15, 0.2) is 48.8 Å². The van der Waals surface area contributed by atoms with E-state index in [1.165, 1.54) is 0 Å². The van der Waals surface area contributed by atoms with Gasteiger partial charge in [-0.2, -0.15) is 5.10 Å². The van der Waals surface area contributed by atoms with E-state index in [0.29, 0.717) is 21.6 Å². The zero-order valence-electron chi connectivity index (χ0n) is 18.0. The molecule has 0 spiro atoms. The predicted octanol–water partition coefficient (Wildman–Crippen LogP) is 5.15. The van der Waals surface area contributed by atoms with Crippen LogP contribution in [0.3, 0.4) is 0 Å². The van der Waals surface area contributed by atoms with E-state index in [1.807, 2.05) is 42.1 Å². The molecule has 0 amide bonds. The van der Waals surface area contributed by atoms with Crippen molar-refractivity contribution in [3.8, 4) is 11.6 Å². The Morgan fingerprint density at radius 2 is 1.81 bits per heavy atom. The van der Waals surface area contributed by atoms with Gasteiger partial charge in [-0.1, -0.05) is 35.4 Å². The Balaban J connectivity index is 0.00000289. The summed E-state index contributed by atoms with van der Waals surface area (Å²) in [6, 6.07) is 9.44. The minimum atomic E-state index is 0. The van der Waals surface area contributed by atoms with E-state index in [9.17, 15) is 0 Å². The Bertz CT molecular complexity index is 1060. The first kappa shape index (κ1) is 24.4. The lowest BCUT2D eigenvalue weighted by molar-refractivity contribution is 0.284. The molecule has 0 N–H and O–H groups in total. The average molecular weight is 495 g/mol. The van der Waals surface area contributed by atoms with Gasteiger partial charge in [0.2, 0.25) is 0 Å². The zero-order chi connectivity index (χ0) is 21.8. The first-order chi connectivity index (χ1) is 15.0. The standard InChI is InChI=1S/C23H25Cl2N5O.ClH/c1-17-18(16-27-30(17)23-22(31-2)6-3-7-26-23)5-4-8-28-9-11-29(12-10-28)21-14-19(24)13-20(25)15-21;/h3-7,13-16H,8-12H2,1-2H3;1H/b5-4+;. The van der Waals surface area contributed by atoms with Gasteiger partial charge in [-0.25, -0.2) is 9.67 Å². The third-order valence-corrected chi connectivity index (χ3v) is 5.90. The molecule has 1 aliphatic rings. The maximum atomic E-state index is 6.15. The molecular formula is C23H26Cl3N5O. The molecule has 0 atom stereocenters. The van der Waals surface area contributed by atoms with Crippen molar-refractivity contribution in [1.82, 2.24) is 19.7 Å². The van der Waals surface area contributed by atoms with Gasteiger partial charge in [0.15, 0.2) is 11.6 Å². The summed E-state index contributed by atoms with van der Waals surface area (Å²) in [6.45, 7) is 6.79. The lowest BCUT2D eigenvalue weighted by Crippen LogP contribution is -2.46. The second kappa shape index (κ2) is 11.1. The number of pyridine rings is 1. The van der Waals surface area contributed by atoms with Gasteiger partial charge < -0.3 is 9.64 Å². The number of benzene rings is 1. The van der Waals surface area contributed by atoms with Gasteiger partial charge in [0.05, 0.1) is 19.0 Å². The third-order valence-electron chi connectivity index (χ3n) is 5.46. The largest absolute Gasteiger partial charge is 0.493 e. The summed E-state index contributed by atoms with van der Waals surface area (Å²) >= 11 is 12.3. The monoisotopic (exact) mass is 493 g/mol. The maximum absolute atomic E-state index is 6.15. The number of halogens is 3. The van der Waals surface area contributed by atoms with Crippen LogP contribution in [0.5, 0.6) is 5.75 Å². The van der Waals surface area contributed by atoms with Gasteiger partial charge in [0, 0.05) is 60.2 Å². The van der Waals surface area contributed by atoms with Crippen molar-refractivity contribution in [1.29, 1.82) is 0 Å². The number of piperazine rings is 1. The number of aromatic nitrogens is 3. The molecule has 0 bridgehead atoms. The summed E-state index contributed by atoms with van der Waals surface area (Å²) in [5.41, 5.74) is 3.18. The van der Waals surface area contributed by atoms with E-state index < -0.39 is 0 Å².